The molecular formula is C29H33N5O2. The van der Waals surface area contributed by atoms with Gasteiger partial charge in [-0.15, -0.1) is 10.2 Å². The molecule has 0 spiro atoms. The Morgan fingerprint density at radius 2 is 1.72 bits per heavy atom. The van der Waals surface area contributed by atoms with Crippen LogP contribution in [-0.2, 0) is 9.59 Å². The Bertz CT molecular complexity index is 1250. The first-order chi connectivity index (χ1) is 17.5. The van der Waals surface area contributed by atoms with Crippen molar-refractivity contribution in [3.63, 3.8) is 0 Å². The van der Waals surface area contributed by atoms with Gasteiger partial charge in [0.25, 0.3) is 0 Å². The molecular weight excluding hydrogens is 450 g/mol. The Hall–Kier alpha value is -3.74. The first-order valence-corrected chi connectivity index (χ1v) is 12.9. The van der Waals surface area contributed by atoms with E-state index >= 15 is 0 Å². The number of aryl methyl sites for hydroxylation is 2. The summed E-state index contributed by atoms with van der Waals surface area (Å²) in [5.41, 5.74) is 5.51. The third-order valence-corrected chi connectivity index (χ3v) is 7.30. The third-order valence-electron chi connectivity index (χ3n) is 7.30. The van der Waals surface area contributed by atoms with Crippen LogP contribution in [0, 0.1) is 19.8 Å². The monoisotopic (exact) mass is 483 g/mol. The number of hydrogen-bond acceptors (Lipinski definition) is 5. The zero-order chi connectivity index (χ0) is 25.1. The van der Waals surface area contributed by atoms with E-state index in [-0.39, 0.29) is 18.2 Å². The van der Waals surface area contributed by atoms with Gasteiger partial charge in [0, 0.05) is 43.0 Å². The summed E-state index contributed by atoms with van der Waals surface area (Å²) < 4.78 is 0. The van der Waals surface area contributed by atoms with Gasteiger partial charge < -0.3 is 15.1 Å². The smallest absolute Gasteiger partial charge is 0.229 e. The Kier molecular flexibility index (Phi) is 6.98. The van der Waals surface area contributed by atoms with Gasteiger partial charge >= 0.3 is 0 Å². The number of benzene rings is 2. The number of amides is 2. The summed E-state index contributed by atoms with van der Waals surface area (Å²) in [7, 11) is 0. The molecule has 1 N–H and O–H groups in total. The quantitative estimate of drug-likeness (QED) is 0.544. The molecule has 0 aliphatic carbocycles. The van der Waals surface area contributed by atoms with E-state index in [9.17, 15) is 9.59 Å². The molecule has 1 aromatic heterocycles. The van der Waals surface area contributed by atoms with E-state index in [1.165, 1.54) is 31.2 Å². The van der Waals surface area contributed by atoms with Crippen LogP contribution in [0.3, 0.4) is 0 Å². The highest BCUT2D eigenvalue weighted by Crippen LogP contribution is 2.28. The molecule has 0 saturated carbocycles. The topological polar surface area (TPSA) is 78.4 Å². The minimum atomic E-state index is -0.393. The van der Waals surface area contributed by atoms with Crippen molar-refractivity contribution < 1.29 is 9.59 Å². The summed E-state index contributed by atoms with van der Waals surface area (Å²) >= 11 is 0. The second-order valence-electron chi connectivity index (χ2n) is 9.92. The average molecular weight is 484 g/mol. The predicted octanol–water partition coefficient (Wildman–Crippen LogP) is 5.13. The first-order valence-electron chi connectivity index (χ1n) is 12.9. The summed E-state index contributed by atoms with van der Waals surface area (Å²) in [6, 6.07) is 17.6. The Labute approximate surface area is 212 Å². The fraction of sp³-hybridized carbons (Fsp3) is 0.379. The van der Waals surface area contributed by atoms with Crippen molar-refractivity contribution in [3.8, 4) is 11.3 Å². The lowest BCUT2D eigenvalue weighted by Gasteiger charge is -2.20. The van der Waals surface area contributed by atoms with Crippen molar-refractivity contribution in [1.82, 2.24) is 10.2 Å². The highest BCUT2D eigenvalue weighted by Gasteiger charge is 2.35. The van der Waals surface area contributed by atoms with Crippen molar-refractivity contribution >= 4 is 29.0 Å². The number of nitrogens with zero attached hydrogens (tertiary/aromatic N) is 4. The van der Waals surface area contributed by atoms with Crippen LogP contribution in [0.5, 0.6) is 0 Å². The molecule has 0 radical (unpaired) electrons. The molecule has 186 valence electrons. The van der Waals surface area contributed by atoms with Gasteiger partial charge in [0.15, 0.2) is 5.82 Å². The SMILES string of the molecule is Cc1ccc(N2CC(C(=O)Nc3cccc(-c4ccc(N5CCCCCC5)nn4)c3)CC2=O)cc1C. The van der Waals surface area contributed by atoms with E-state index in [2.05, 4.69) is 20.4 Å². The van der Waals surface area contributed by atoms with Crippen molar-refractivity contribution in [2.24, 2.45) is 5.92 Å². The molecule has 7 nitrogen and oxygen atoms in total. The molecule has 7 heteroatoms. The Morgan fingerprint density at radius 1 is 0.917 bits per heavy atom. The Morgan fingerprint density at radius 3 is 2.44 bits per heavy atom. The van der Waals surface area contributed by atoms with Crippen LogP contribution in [0.25, 0.3) is 11.3 Å². The van der Waals surface area contributed by atoms with Crippen LogP contribution in [0.15, 0.2) is 54.6 Å². The van der Waals surface area contributed by atoms with Crippen LogP contribution in [0.1, 0.15) is 43.2 Å². The zero-order valence-electron chi connectivity index (χ0n) is 21.0. The second-order valence-corrected chi connectivity index (χ2v) is 9.92. The summed E-state index contributed by atoms with van der Waals surface area (Å²) in [5, 5.41) is 11.9. The van der Waals surface area contributed by atoms with Gasteiger partial charge in [0.2, 0.25) is 11.8 Å². The highest BCUT2D eigenvalue weighted by atomic mass is 16.2. The molecule has 2 aliphatic rings. The minimum Gasteiger partial charge on any atom is -0.355 e. The van der Waals surface area contributed by atoms with E-state index in [1.807, 2.05) is 68.4 Å². The molecule has 2 amide bonds. The highest BCUT2D eigenvalue weighted by molar-refractivity contribution is 6.03. The summed E-state index contributed by atoms with van der Waals surface area (Å²) in [5.74, 6) is 0.362. The number of nitrogens with one attached hydrogen (secondary N) is 1. The molecule has 2 saturated heterocycles. The Balaban J connectivity index is 1.24. The van der Waals surface area contributed by atoms with Crippen LogP contribution < -0.4 is 15.1 Å². The molecule has 1 atom stereocenters. The predicted molar refractivity (Wildman–Crippen MR) is 143 cm³/mol. The molecule has 2 aromatic carbocycles. The van der Waals surface area contributed by atoms with E-state index < -0.39 is 5.92 Å². The summed E-state index contributed by atoms with van der Waals surface area (Å²) in [6.07, 6.45) is 5.15. The maximum atomic E-state index is 13.0. The van der Waals surface area contributed by atoms with E-state index in [4.69, 9.17) is 0 Å². The normalized spacial score (nSPS) is 18.3. The second kappa shape index (κ2) is 10.5. The van der Waals surface area contributed by atoms with Gasteiger partial charge in [-0.2, -0.15) is 0 Å². The molecule has 3 aromatic rings. The van der Waals surface area contributed by atoms with Gasteiger partial charge in [-0.05, 0) is 74.2 Å². The van der Waals surface area contributed by atoms with E-state index in [0.29, 0.717) is 12.2 Å². The van der Waals surface area contributed by atoms with E-state index in [1.54, 1.807) is 4.90 Å². The minimum absolute atomic E-state index is 0.0214. The summed E-state index contributed by atoms with van der Waals surface area (Å²) in [6.45, 7) is 6.52. The molecule has 0 bridgehead atoms. The maximum absolute atomic E-state index is 13.0. The third kappa shape index (κ3) is 5.25. The lowest BCUT2D eigenvalue weighted by molar-refractivity contribution is -0.122. The van der Waals surface area contributed by atoms with Crippen LogP contribution in [-0.4, -0.2) is 41.6 Å². The molecule has 36 heavy (non-hydrogen) atoms. The standard InChI is InChI=1S/C29H33N5O2/c1-20-10-11-25(16-21(20)2)34-19-23(18-28(34)35)29(36)30-24-9-7-8-22(17-24)26-12-13-27(32-31-26)33-14-5-3-4-6-15-33/h7-13,16-17,23H,3-6,14-15,18-19H2,1-2H3,(H,30,36). The molecule has 3 heterocycles. The van der Waals surface area contributed by atoms with Crippen LogP contribution in [0.4, 0.5) is 17.2 Å². The number of aromatic nitrogens is 2. The van der Waals surface area contributed by atoms with Gasteiger partial charge in [0.05, 0.1) is 11.6 Å². The van der Waals surface area contributed by atoms with E-state index in [0.717, 1.165) is 41.4 Å². The van der Waals surface area contributed by atoms with Crippen LogP contribution in [0.2, 0.25) is 0 Å². The largest absolute Gasteiger partial charge is 0.355 e. The zero-order valence-corrected chi connectivity index (χ0v) is 21.0. The number of rotatable bonds is 5. The van der Waals surface area contributed by atoms with Crippen molar-refractivity contribution in [3.05, 3.63) is 65.7 Å². The molecule has 1 unspecified atom stereocenters. The maximum Gasteiger partial charge on any atom is 0.229 e. The number of carbonyl (C=O) groups is 2. The van der Waals surface area contributed by atoms with Gasteiger partial charge in [-0.3, -0.25) is 9.59 Å². The lowest BCUT2D eigenvalue weighted by atomic mass is 10.1. The van der Waals surface area contributed by atoms with Gasteiger partial charge in [-0.1, -0.05) is 31.0 Å². The molecule has 5 rings (SSSR count). The number of anilines is 3. The number of hydrogen-bond donors (Lipinski definition) is 1. The molecule has 2 fully saturated rings. The fourth-order valence-electron chi connectivity index (χ4n) is 4.97. The first kappa shape index (κ1) is 24.0. The van der Waals surface area contributed by atoms with Gasteiger partial charge in [0.1, 0.15) is 0 Å². The van der Waals surface area contributed by atoms with Gasteiger partial charge in [-0.25, -0.2) is 0 Å². The van der Waals surface area contributed by atoms with Crippen molar-refractivity contribution in [2.75, 3.05) is 34.8 Å². The fourth-order valence-corrected chi connectivity index (χ4v) is 4.97. The lowest BCUT2D eigenvalue weighted by Crippen LogP contribution is -2.28. The van der Waals surface area contributed by atoms with Crippen molar-refractivity contribution in [2.45, 2.75) is 46.0 Å². The summed E-state index contributed by atoms with van der Waals surface area (Å²) in [4.78, 5) is 29.7. The molecule has 2 aliphatic heterocycles. The number of carbonyl (C=O) groups excluding carboxylic acids is 2. The van der Waals surface area contributed by atoms with Crippen molar-refractivity contribution in [1.29, 1.82) is 0 Å². The average Bonchev–Trinajstić information content (AvgIpc) is 3.09. The van der Waals surface area contributed by atoms with Crippen LogP contribution >= 0.6 is 0 Å².